The standard InChI is InChI=1S/C19H22N2O3S/c1-13-5-8-18(24-4)19(9-13)25(22,23)20-12-15-6-7-17-16(11-15)10-14(2)21(17)3/h5-11,20H,12H2,1-4H3. The minimum absolute atomic E-state index is 0.159. The van der Waals surface area contributed by atoms with Crippen LogP contribution in [0.2, 0.25) is 0 Å². The van der Waals surface area contributed by atoms with Gasteiger partial charge in [0, 0.05) is 30.2 Å². The number of ether oxygens (including phenoxy) is 1. The second kappa shape index (κ2) is 6.54. The molecule has 0 saturated heterocycles. The van der Waals surface area contributed by atoms with Crippen molar-refractivity contribution in [3.8, 4) is 5.75 Å². The van der Waals surface area contributed by atoms with E-state index in [1.807, 2.05) is 45.2 Å². The minimum atomic E-state index is -3.66. The summed E-state index contributed by atoms with van der Waals surface area (Å²) in [7, 11) is -0.175. The second-order valence-corrected chi connectivity index (χ2v) is 7.95. The van der Waals surface area contributed by atoms with E-state index in [0.717, 1.165) is 27.7 Å². The number of methoxy groups -OCH3 is 1. The highest BCUT2D eigenvalue weighted by Crippen LogP contribution is 2.25. The smallest absolute Gasteiger partial charge is 0.244 e. The highest BCUT2D eigenvalue weighted by atomic mass is 32.2. The van der Waals surface area contributed by atoms with E-state index in [1.165, 1.54) is 7.11 Å². The summed E-state index contributed by atoms with van der Waals surface area (Å²) < 4.78 is 35.3. The number of sulfonamides is 1. The van der Waals surface area contributed by atoms with Crippen LogP contribution < -0.4 is 9.46 Å². The fraction of sp³-hybridized carbons (Fsp3) is 0.263. The van der Waals surface area contributed by atoms with E-state index in [4.69, 9.17) is 4.74 Å². The summed E-state index contributed by atoms with van der Waals surface area (Å²) in [6.07, 6.45) is 0. The summed E-state index contributed by atoms with van der Waals surface area (Å²) in [5, 5.41) is 1.10. The molecule has 0 atom stereocenters. The van der Waals surface area contributed by atoms with Gasteiger partial charge in [0.2, 0.25) is 10.0 Å². The molecule has 0 bridgehead atoms. The molecule has 5 nitrogen and oxygen atoms in total. The molecule has 0 fully saturated rings. The molecule has 0 aliphatic carbocycles. The number of nitrogens with zero attached hydrogens (tertiary/aromatic N) is 1. The van der Waals surface area contributed by atoms with E-state index in [2.05, 4.69) is 15.4 Å². The van der Waals surface area contributed by atoms with Gasteiger partial charge in [-0.3, -0.25) is 0 Å². The van der Waals surface area contributed by atoms with Crippen LogP contribution in [-0.4, -0.2) is 20.1 Å². The maximum absolute atomic E-state index is 12.7. The fourth-order valence-corrected chi connectivity index (χ4v) is 4.17. The molecule has 132 valence electrons. The molecule has 1 aromatic heterocycles. The summed E-state index contributed by atoms with van der Waals surface area (Å²) in [6.45, 7) is 4.12. The number of fused-ring (bicyclic) bond motifs is 1. The molecule has 0 unspecified atom stereocenters. The van der Waals surface area contributed by atoms with Crippen LogP contribution in [0.3, 0.4) is 0 Å². The zero-order chi connectivity index (χ0) is 18.2. The normalized spacial score (nSPS) is 11.8. The molecular formula is C19H22N2O3S. The van der Waals surface area contributed by atoms with Crippen molar-refractivity contribution in [3.05, 3.63) is 59.3 Å². The van der Waals surface area contributed by atoms with Gasteiger partial charge in [0.25, 0.3) is 0 Å². The lowest BCUT2D eigenvalue weighted by Crippen LogP contribution is -2.23. The van der Waals surface area contributed by atoms with E-state index in [0.29, 0.717) is 5.75 Å². The van der Waals surface area contributed by atoms with Crippen LogP contribution in [0.4, 0.5) is 0 Å². The number of hydrogen-bond donors (Lipinski definition) is 1. The number of aryl methyl sites for hydroxylation is 3. The predicted octanol–water partition coefficient (Wildman–Crippen LogP) is 3.28. The molecule has 1 N–H and O–H groups in total. The molecule has 0 aliphatic rings. The van der Waals surface area contributed by atoms with Crippen LogP contribution >= 0.6 is 0 Å². The van der Waals surface area contributed by atoms with Crippen molar-refractivity contribution in [2.45, 2.75) is 25.3 Å². The Balaban J connectivity index is 1.86. The lowest BCUT2D eigenvalue weighted by Gasteiger charge is -2.12. The number of aromatic nitrogens is 1. The van der Waals surface area contributed by atoms with Gasteiger partial charge in [-0.1, -0.05) is 12.1 Å². The first-order valence-corrected chi connectivity index (χ1v) is 9.49. The zero-order valence-corrected chi connectivity index (χ0v) is 15.6. The average Bonchev–Trinajstić information content (AvgIpc) is 2.87. The second-order valence-electron chi connectivity index (χ2n) is 6.22. The Bertz CT molecular complexity index is 1040. The van der Waals surface area contributed by atoms with Crippen molar-refractivity contribution < 1.29 is 13.2 Å². The van der Waals surface area contributed by atoms with Gasteiger partial charge in [0.15, 0.2) is 0 Å². The van der Waals surface area contributed by atoms with E-state index in [1.54, 1.807) is 12.1 Å². The first-order chi connectivity index (χ1) is 11.8. The summed E-state index contributed by atoms with van der Waals surface area (Å²) in [4.78, 5) is 0.159. The number of rotatable bonds is 5. The number of nitrogens with one attached hydrogen (secondary N) is 1. The van der Waals surface area contributed by atoms with Crippen LogP contribution in [0.5, 0.6) is 5.75 Å². The topological polar surface area (TPSA) is 60.3 Å². The maximum atomic E-state index is 12.7. The Morgan fingerprint density at radius 3 is 2.56 bits per heavy atom. The molecule has 0 saturated carbocycles. The van der Waals surface area contributed by atoms with Crippen molar-refractivity contribution >= 4 is 20.9 Å². The van der Waals surface area contributed by atoms with Crippen molar-refractivity contribution in [2.75, 3.05) is 7.11 Å². The Hall–Kier alpha value is -2.31. The van der Waals surface area contributed by atoms with Gasteiger partial charge in [-0.05, 0) is 55.3 Å². The Kier molecular flexibility index (Phi) is 4.58. The van der Waals surface area contributed by atoms with Crippen LogP contribution in [0.1, 0.15) is 16.8 Å². The minimum Gasteiger partial charge on any atom is -0.495 e. The molecule has 1 heterocycles. The molecule has 3 aromatic rings. The molecule has 0 radical (unpaired) electrons. The fourth-order valence-electron chi connectivity index (χ4n) is 2.90. The number of hydrogen-bond acceptors (Lipinski definition) is 3. The predicted molar refractivity (Wildman–Crippen MR) is 99.4 cm³/mol. The van der Waals surface area contributed by atoms with Crippen LogP contribution in [0.25, 0.3) is 10.9 Å². The summed E-state index contributed by atoms with van der Waals surface area (Å²) in [6, 6.07) is 13.2. The molecule has 0 aliphatic heterocycles. The van der Waals surface area contributed by atoms with Crippen LogP contribution in [0, 0.1) is 13.8 Å². The molecule has 6 heteroatoms. The van der Waals surface area contributed by atoms with Crippen molar-refractivity contribution in [1.82, 2.24) is 9.29 Å². The first kappa shape index (κ1) is 17.5. The van der Waals surface area contributed by atoms with Gasteiger partial charge < -0.3 is 9.30 Å². The van der Waals surface area contributed by atoms with E-state index in [-0.39, 0.29) is 11.4 Å². The summed E-state index contributed by atoms with van der Waals surface area (Å²) in [5.74, 6) is 0.340. The zero-order valence-electron chi connectivity index (χ0n) is 14.8. The third-order valence-corrected chi connectivity index (χ3v) is 5.84. The van der Waals surface area contributed by atoms with E-state index in [9.17, 15) is 8.42 Å². The van der Waals surface area contributed by atoms with Gasteiger partial charge in [0.1, 0.15) is 10.6 Å². The Morgan fingerprint density at radius 2 is 1.84 bits per heavy atom. The molecule has 2 aromatic carbocycles. The number of benzene rings is 2. The lowest BCUT2D eigenvalue weighted by atomic mass is 10.1. The molecule has 3 rings (SSSR count). The third kappa shape index (κ3) is 3.41. The van der Waals surface area contributed by atoms with Crippen molar-refractivity contribution in [3.63, 3.8) is 0 Å². The molecule has 0 spiro atoms. The Morgan fingerprint density at radius 1 is 1.08 bits per heavy atom. The van der Waals surface area contributed by atoms with E-state index >= 15 is 0 Å². The largest absolute Gasteiger partial charge is 0.495 e. The molecule has 0 amide bonds. The van der Waals surface area contributed by atoms with Crippen molar-refractivity contribution in [1.29, 1.82) is 0 Å². The maximum Gasteiger partial charge on any atom is 0.244 e. The van der Waals surface area contributed by atoms with Gasteiger partial charge >= 0.3 is 0 Å². The third-order valence-electron chi connectivity index (χ3n) is 4.42. The summed E-state index contributed by atoms with van der Waals surface area (Å²) >= 11 is 0. The SMILES string of the molecule is COc1ccc(C)cc1S(=O)(=O)NCc1ccc2c(c1)cc(C)n2C. The summed E-state index contributed by atoms with van der Waals surface area (Å²) in [5.41, 5.74) is 4.07. The van der Waals surface area contributed by atoms with Gasteiger partial charge in [0.05, 0.1) is 7.11 Å². The van der Waals surface area contributed by atoms with Crippen molar-refractivity contribution in [2.24, 2.45) is 7.05 Å². The van der Waals surface area contributed by atoms with E-state index < -0.39 is 10.0 Å². The van der Waals surface area contributed by atoms with Gasteiger partial charge in [-0.25, -0.2) is 13.1 Å². The first-order valence-electron chi connectivity index (χ1n) is 8.01. The van der Waals surface area contributed by atoms with Crippen LogP contribution in [0.15, 0.2) is 47.4 Å². The lowest BCUT2D eigenvalue weighted by molar-refractivity contribution is 0.402. The molecule has 25 heavy (non-hydrogen) atoms. The van der Waals surface area contributed by atoms with Crippen LogP contribution in [-0.2, 0) is 23.6 Å². The average molecular weight is 358 g/mol. The van der Waals surface area contributed by atoms with Gasteiger partial charge in [-0.15, -0.1) is 0 Å². The highest BCUT2D eigenvalue weighted by molar-refractivity contribution is 7.89. The Labute approximate surface area is 148 Å². The quantitative estimate of drug-likeness (QED) is 0.761. The monoisotopic (exact) mass is 358 g/mol. The van der Waals surface area contributed by atoms with Gasteiger partial charge in [-0.2, -0.15) is 0 Å². The molecular weight excluding hydrogens is 336 g/mol. The highest BCUT2D eigenvalue weighted by Gasteiger charge is 2.19.